The Morgan fingerprint density at radius 1 is 1.00 bits per heavy atom. The van der Waals surface area contributed by atoms with E-state index in [0.717, 1.165) is 38.7 Å². The summed E-state index contributed by atoms with van der Waals surface area (Å²) in [6.45, 7) is 3.19. The van der Waals surface area contributed by atoms with Crippen molar-refractivity contribution in [1.29, 1.82) is 0 Å². The second-order valence-corrected chi connectivity index (χ2v) is 5.51. The van der Waals surface area contributed by atoms with Crippen LogP contribution >= 0.6 is 0 Å². The average molecular weight is 284 g/mol. The van der Waals surface area contributed by atoms with Crippen molar-refractivity contribution in [3.05, 3.63) is 0 Å². The second-order valence-electron chi connectivity index (χ2n) is 5.51. The Hall–Kier alpha value is -1.10. The molecule has 1 aliphatic heterocycles. The molecule has 0 spiro atoms. The molecule has 0 bridgehead atoms. The largest absolute Gasteiger partial charge is 0.466 e. The Labute approximate surface area is 120 Å². The van der Waals surface area contributed by atoms with Crippen LogP contribution in [0, 0.1) is 11.8 Å². The normalized spacial score (nSPS) is 29.9. The Balaban J connectivity index is 1.85. The molecule has 3 unspecified atom stereocenters. The molecule has 0 amide bonds. The summed E-state index contributed by atoms with van der Waals surface area (Å²) in [6.07, 6.45) is 5.38. The molecule has 2 rings (SSSR count). The highest BCUT2D eigenvalue weighted by Gasteiger charge is 2.38. The van der Waals surface area contributed by atoms with Gasteiger partial charge < -0.3 is 14.2 Å². The maximum atomic E-state index is 12.2. The number of esters is 2. The number of hydrogen-bond acceptors (Lipinski definition) is 5. The molecule has 1 aliphatic carbocycles. The van der Waals surface area contributed by atoms with E-state index >= 15 is 0 Å². The van der Waals surface area contributed by atoms with Crippen LogP contribution in [-0.2, 0) is 23.8 Å². The van der Waals surface area contributed by atoms with Gasteiger partial charge in [0.05, 0.1) is 24.5 Å². The topological polar surface area (TPSA) is 61.8 Å². The van der Waals surface area contributed by atoms with Crippen molar-refractivity contribution >= 4 is 11.9 Å². The number of carbonyl (C=O) groups is 2. The van der Waals surface area contributed by atoms with Crippen molar-refractivity contribution in [2.75, 3.05) is 19.8 Å². The van der Waals surface area contributed by atoms with Crippen LogP contribution in [0.15, 0.2) is 0 Å². The van der Waals surface area contributed by atoms with Crippen LogP contribution in [0.5, 0.6) is 0 Å². The summed E-state index contributed by atoms with van der Waals surface area (Å²) in [5, 5.41) is 0. The first kappa shape index (κ1) is 15.3. The van der Waals surface area contributed by atoms with Gasteiger partial charge in [-0.1, -0.05) is 12.8 Å². The fourth-order valence-electron chi connectivity index (χ4n) is 3.00. The first-order chi connectivity index (χ1) is 9.72. The van der Waals surface area contributed by atoms with Gasteiger partial charge in [-0.2, -0.15) is 0 Å². The summed E-state index contributed by atoms with van der Waals surface area (Å²) >= 11 is 0. The highest BCUT2D eigenvalue weighted by molar-refractivity contribution is 5.82. The molecule has 114 valence electrons. The summed E-state index contributed by atoms with van der Waals surface area (Å²) < 4.78 is 15.9. The molecule has 2 aliphatic rings. The van der Waals surface area contributed by atoms with Gasteiger partial charge in [-0.25, -0.2) is 0 Å². The van der Waals surface area contributed by atoms with Crippen molar-refractivity contribution in [3.63, 3.8) is 0 Å². The third kappa shape index (κ3) is 3.95. The third-order valence-electron chi connectivity index (χ3n) is 4.09. The van der Waals surface area contributed by atoms with E-state index in [2.05, 4.69) is 0 Å². The highest BCUT2D eigenvalue weighted by Crippen LogP contribution is 2.32. The van der Waals surface area contributed by atoms with Crippen LogP contribution < -0.4 is 0 Å². The van der Waals surface area contributed by atoms with Gasteiger partial charge in [-0.15, -0.1) is 0 Å². The lowest BCUT2D eigenvalue weighted by Gasteiger charge is -2.28. The summed E-state index contributed by atoms with van der Waals surface area (Å²) in [7, 11) is 0. The summed E-state index contributed by atoms with van der Waals surface area (Å²) in [5.41, 5.74) is 0. The SMILES string of the molecule is CCOC(=O)C1CCCCC1C(=O)OCC1CCCO1. The molecular weight excluding hydrogens is 260 g/mol. The molecular formula is C15H24O5. The van der Waals surface area contributed by atoms with E-state index in [1.54, 1.807) is 6.92 Å². The van der Waals surface area contributed by atoms with Gasteiger partial charge in [-0.05, 0) is 32.6 Å². The van der Waals surface area contributed by atoms with Gasteiger partial charge in [0, 0.05) is 6.61 Å². The minimum absolute atomic E-state index is 0.0311. The van der Waals surface area contributed by atoms with Gasteiger partial charge in [0.1, 0.15) is 6.61 Å². The van der Waals surface area contributed by atoms with Gasteiger partial charge in [-0.3, -0.25) is 9.59 Å². The lowest BCUT2D eigenvalue weighted by molar-refractivity contribution is -0.164. The molecule has 0 aromatic heterocycles. The van der Waals surface area contributed by atoms with Crippen molar-refractivity contribution < 1.29 is 23.8 Å². The number of hydrogen-bond donors (Lipinski definition) is 0. The molecule has 5 nitrogen and oxygen atoms in total. The van der Waals surface area contributed by atoms with Crippen LogP contribution in [0.2, 0.25) is 0 Å². The van der Waals surface area contributed by atoms with Crippen LogP contribution in [0.1, 0.15) is 45.4 Å². The van der Waals surface area contributed by atoms with E-state index < -0.39 is 0 Å². The Morgan fingerprint density at radius 2 is 1.65 bits per heavy atom. The molecule has 1 saturated carbocycles. The lowest BCUT2D eigenvalue weighted by atomic mass is 9.79. The molecule has 0 N–H and O–H groups in total. The number of carbonyl (C=O) groups excluding carboxylic acids is 2. The number of ether oxygens (including phenoxy) is 3. The minimum atomic E-state index is -0.343. The van der Waals surface area contributed by atoms with E-state index in [1.165, 1.54) is 0 Å². The van der Waals surface area contributed by atoms with Gasteiger partial charge in [0.25, 0.3) is 0 Å². The molecule has 1 saturated heterocycles. The lowest BCUT2D eigenvalue weighted by Crippen LogP contribution is -2.36. The maximum Gasteiger partial charge on any atom is 0.309 e. The molecule has 0 aromatic rings. The first-order valence-corrected chi connectivity index (χ1v) is 7.67. The van der Waals surface area contributed by atoms with E-state index in [1.807, 2.05) is 0 Å². The zero-order valence-electron chi connectivity index (χ0n) is 12.1. The Morgan fingerprint density at radius 3 is 2.20 bits per heavy atom. The van der Waals surface area contributed by atoms with Gasteiger partial charge in [0.15, 0.2) is 0 Å². The van der Waals surface area contributed by atoms with Crippen molar-refractivity contribution in [3.8, 4) is 0 Å². The molecule has 2 fully saturated rings. The van der Waals surface area contributed by atoms with Crippen molar-refractivity contribution in [2.24, 2.45) is 11.8 Å². The maximum absolute atomic E-state index is 12.2. The molecule has 1 heterocycles. The fraction of sp³-hybridized carbons (Fsp3) is 0.867. The Kier molecular flexibility index (Phi) is 5.83. The summed E-state index contributed by atoms with van der Waals surface area (Å²) in [5.74, 6) is -1.20. The van der Waals surface area contributed by atoms with E-state index in [-0.39, 0.29) is 29.9 Å². The monoisotopic (exact) mass is 284 g/mol. The second kappa shape index (κ2) is 7.62. The standard InChI is InChI=1S/C15H24O5/c1-2-18-14(16)12-7-3-4-8-13(12)15(17)20-10-11-6-5-9-19-11/h11-13H,2-10H2,1H3. The van der Waals surface area contributed by atoms with Crippen LogP contribution in [0.3, 0.4) is 0 Å². The predicted octanol–water partition coefficient (Wildman–Crippen LogP) is 2.08. The average Bonchev–Trinajstić information content (AvgIpc) is 2.98. The molecule has 0 radical (unpaired) electrons. The van der Waals surface area contributed by atoms with Crippen LogP contribution in [-0.4, -0.2) is 37.9 Å². The third-order valence-corrected chi connectivity index (χ3v) is 4.09. The molecule has 20 heavy (non-hydrogen) atoms. The quantitative estimate of drug-likeness (QED) is 0.723. The highest BCUT2D eigenvalue weighted by atomic mass is 16.6. The first-order valence-electron chi connectivity index (χ1n) is 7.67. The minimum Gasteiger partial charge on any atom is -0.466 e. The zero-order valence-corrected chi connectivity index (χ0v) is 12.1. The zero-order chi connectivity index (χ0) is 14.4. The predicted molar refractivity (Wildman–Crippen MR) is 72.0 cm³/mol. The van der Waals surface area contributed by atoms with Crippen molar-refractivity contribution in [2.45, 2.75) is 51.6 Å². The molecule has 0 aromatic carbocycles. The van der Waals surface area contributed by atoms with Crippen LogP contribution in [0.25, 0.3) is 0 Å². The molecule has 3 atom stereocenters. The fourth-order valence-corrected chi connectivity index (χ4v) is 3.00. The van der Waals surface area contributed by atoms with Crippen molar-refractivity contribution in [1.82, 2.24) is 0 Å². The van der Waals surface area contributed by atoms with E-state index in [4.69, 9.17) is 14.2 Å². The van der Waals surface area contributed by atoms with Gasteiger partial charge in [0.2, 0.25) is 0 Å². The smallest absolute Gasteiger partial charge is 0.309 e. The van der Waals surface area contributed by atoms with E-state index in [0.29, 0.717) is 19.6 Å². The molecule has 5 heteroatoms. The number of rotatable bonds is 5. The van der Waals surface area contributed by atoms with Crippen LogP contribution in [0.4, 0.5) is 0 Å². The van der Waals surface area contributed by atoms with Gasteiger partial charge >= 0.3 is 11.9 Å². The van der Waals surface area contributed by atoms with E-state index in [9.17, 15) is 9.59 Å². The summed E-state index contributed by atoms with van der Waals surface area (Å²) in [4.78, 5) is 24.1. The Bertz CT molecular complexity index is 335. The summed E-state index contributed by atoms with van der Waals surface area (Å²) in [6, 6.07) is 0.